The van der Waals surface area contributed by atoms with E-state index < -0.39 is 17.7 Å². The van der Waals surface area contributed by atoms with Crippen molar-refractivity contribution in [2.75, 3.05) is 13.1 Å². The van der Waals surface area contributed by atoms with Crippen LogP contribution in [0.4, 0.5) is 13.2 Å². The third kappa shape index (κ3) is 2.78. The Hall–Kier alpha value is -2.09. The summed E-state index contributed by atoms with van der Waals surface area (Å²) in [7, 11) is 0. The van der Waals surface area contributed by atoms with Crippen LogP contribution in [0.3, 0.4) is 0 Å². The van der Waals surface area contributed by atoms with E-state index in [-0.39, 0.29) is 17.7 Å². The lowest BCUT2D eigenvalue weighted by Crippen LogP contribution is -2.27. The largest absolute Gasteiger partial charge is 0.477 e. The van der Waals surface area contributed by atoms with Crippen molar-refractivity contribution in [2.45, 2.75) is 18.8 Å². The molecule has 0 saturated carbocycles. The first-order valence-corrected chi connectivity index (χ1v) is 6.70. The minimum absolute atomic E-state index is 0.0138. The van der Waals surface area contributed by atoms with Crippen molar-refractivity contribution < 1.29 is 27.9 Å². The first kappa shape index (κ1) is 14.8. The molecule has 3 rings (SSSR count). The molecule has 1 aromatic carbocycles. The van der Waals surface area contributed by atoms with Crippen LogP contribution in [0, 0.1) is 5.92 Å². The Morgan fingerprint density at radius 2 is 2.00 bits per heavy atom. The van der Waals surface area contributed by atoms with Gasteiger partial charge in [0.1, 0.15) is 6.10 Å². The summed E-state index contributed by atoms with van der Waals surface area (Å²) in [5.41, 5.74) is 0.0693. The lowest BCUT2D eigenvalue weighted by Gasteiger charge is -2.16. The van der Waals surface area contributed by atoms with E-state index >= 15 is 0 Å². The maximum atomic E-state index is 12.5. The molecule has 1 fully saturated rings. The molecule has 2 aliphatic rings. The molecule has 1 saturated heterocycles. The molecule has 8 heteroatoms. The van der Waals surface area contributed by atoms with Crippen LogP contribution in [0.2, 0.25) is 0 Å². The Labute approximate surface area is 124 Å². The maximum absolute atomic E-state index is 12.5. The number of halogens is 3. The van der Waals surface area contributed by atoms with Crippen LogP contribution in [0.15, 0.2) is 29.4 Å². The molecule has 1 N–H and O–H groups in total. The quantitative estimate of drug-likeness (QED) is 0.926. The van der Waals surface area contributed by atoms with Gasteiger partial charge in [-0.25, -0.2) is 4.79 Å². The van der Waals surface area contributed by atoms with Crippen LogP contribution in [0.5, 0.6) is 0 Å². The van der Waals surface area contributed by atoms with Crippen molar-refractivity contribution in [3.05, 3.63) is 35.4 Å². The molecule has 0 radical (unpaired) electrons. The van der Waals surface area contributed by atoms with E-state index in [2.05, 4.69) is 5.16 Å². The highest BCUT2D eigenvalue weighted by Gasteiger charge is 2.44. The van der Waals surface area contributed by atoms with Gasteiger partial charge in [0.2, 0.25) is 0 Å². The van der Waals surface area contributed by atoms with Gasteiger partial charge in [0.25, 0.3) is 0 Å². The number of benzene rings is 1. The zero-order chi connectivity index (χ0) is 15.9. The van der Waals surface area contributed by atoms with Gasteiger partial charge < -0.3 is 9.94 Å². The van der Waals surface area contributed by atoms with Gasteiger partial charge >= 0.3 is 12.1 Å². The standard InChI is InChI=1S/C14H13F3N2O3/c15-14(16,17)9-3-1-8(2-4-9)5-19-6-10-11(7-19)22-18-12(10)13(20)21/h1-4,10-11H,5-7H2,(H,20,21). The van der Waals surface area contributed by atoms with E-state index in [1.807, 2.05) is 4.90 Å². The van der Waals surface area contributed by atoms with Crippen molar-refractivity contribution in [3.63, 3.8) is 0 Å². The molecule has 118 valence electrons. The normalized spacial score (nSPS) is 24.8. The summed E-state index contributed by atoms with van der Waals surface area (Å²) in [5.74, 6) is -1.38. The molecule has 0 bridgehead atoms. The van der Waals surface area contributed by atoms with Crippen LogP contribution in [-0.2, 0) is 22.4 Å². The summed E-state index contributed by atoms with van der Waals surface area (Å²) >= 11 is 0. The first-order valence-electron chi connectivity index (χ1n) is 6.70. The fourth-order valence-electron chi connectivity index (χ4n) is 2.80. The molecule has 2 heterocycles. The van der Waals surface area contributed by atoms with Crippen molar-refractivity contribution in [1.82, 2.24) is 4.90 Å². The van der Waals surface area contributed by atoms with Gasteiger partial charge in [-0.2, -0.15) is 13.2 Å². The maximum Gasteiger partial charge on any atom is 0.416 e. The fourth-order valence-corrected chi connectivity index (χ4v) is 2.80. The van der Waals surface area contributed by atoms with E-state index in [9.17, 15) is 18.0 Å². The third-order valence-corrected chi connectivity index (χ3v) is 3.89. The molecule has 1 aromatic rings. The topological polar surface area (TPSA) is 62.1 Å². The summed E-state index contributed by atoms with van der Waals surface area (Å²) in [6.07, 6.45) is -4.63. The lowest BCUT2D eigenvalue weighted by atomic mass is 10.0. The number of carboxylic acids is 1. The molecule has 2 atom stereocenters. The highest BCUT2D eigenvalue weighted by Crippen LogP contribution is 2.31. The second kappa shape index (κ2) is 5.28. The van der Waals surface area contributed by atoms with E-state index in [0.717, 1.165) is 17.7 Å². The average molecular weight is 314 g/mol. The van der Waals surface area contributed by atoms with Crippen LogP contribution < -0.4 is 0 Å². The van der Waals surface area contributed by atoms with Gasteiger partial charge in [-0.15, -0.1) is 0 Å². The van der Waals surface area contributed by atoms with E-state index in [4.69, 9.17) is 9.94 Å². The molecule has 22 heavy (non-hydrogen) atoms. The molecular formula is C14H13F3N2O3. The summed E-state index contributed by atoms with van der Waals surface area (Å²) in [5, 5.41) is 12.6. The number of alkyl halides is 3. The Morgan fingerprint density at radius 1 is 1.32 bits per heavy atom. The number of oxime groups is 1. The predicted molar refractivity (Wildman–Crippen MR) is 70.2 cm³/mol. The van der Waals surface area contributed by atoms with Crippen LogP contribution in [0.25, 0.3) is 0 Å². The van der Waals surface area contributed by atoms with Crippen LogP contribution in [0.1, 0.15) is 11.1 Å². The Balaban J connectivity index is 1.64. The zero-order valence-electron chi connectivity index (χ0n) is 11.4. The molecule has 2 aliphatic heterocycles. The number of hydrogen-bond acceptors (Lipinski definition) is 4. The molecule has 0 amide bonds. The summed E-state index contributed by atoms with van der Waals surface area (Å²) < 4.78 is 37.5. The smallest absolute Gasteiger partial charge is 0.416 e. The van der Waals surface area contributed by atoms with Crippen LogP contribution >= 0.6 is 0 Å². The van der Waals surface area contributed by atoms with E-state index in [0.29, 0.717) is 19.6 Å². The van der Waals surface area contributed by atoms with Gasteiger partial charge in [-0.1, -0.05) is 17.3 Å². The lowest BCUT2D eigenvalue weighted by molar-refractivity contribution is -0.137. The summed E-state index contributed by atoms with van der Waals surface area (Å²) in [6.45, 7) is 1.42. The Morgan fingerprint density at radius 3 is 2.59 bits per heavy atom. The number of hydrogen-bond donors (Lipinski definition) is 1. The monoisotopic (exact) mass is 314 g/mol. The first-order chi connectivity index (χ1) is 10.3. The Bertz CT molecular complexity index is 613. The van der Waals surface area contributed by atoms with Crippen molar-refractivity contribution in [1.29, 1.82) is 0 Å². The fraction of sp³-hybridized carbons (Fsp3) is 0.429. The van der Waals surface area contributed by atoms with Crippen LogP contribution in [-0.4, -0.2) is 40.9 Å². The van der Waals surface area contributed by atoms with Gasteiger partial charge in [0, 0.05) is 19.6 Å². The molecule has 0 spiro atoms. The van der Waals surface area contributed by atoms with Crippen molar-refractivity contribution in [3.8, 4) is 0 Å². The van der Waals surface area contributed by atoms with Gasteiger partial charge in [-0.05, 0) is 17.7 Å². The van der Waals surface area contributed by atoms with Crippen molar-refractivity contribution >= 4 is 11.7 Å². The molecular weight excluding hydrogens is 301 g/mol. The predicted octanol–water partition coefficient (Wildman–Crippen LogP) is 1.98. The van der Waals surface area contributed by atoms with E-state index in [1.54, 1.807) is 0 Å². The number of carbonyl (C=O) groups is 1. The molecule has 5 nitrogen and oxygen atoms in total. The van der Waals surface area contributed by atoms with Crippen molar-refractivity contribution in [2.24, 2.45) is 11.1 Å². The average Bonchev–Trinajstić information content (AvgIpc) is 2.97. The number of likely N-dealkylation sites (tertiary alicyclic amines) is 1. The van der Waals surface area contributed by atoms with Gasteiger partial charge in [0.15, 0.2) is 5.71 Å². The second-order valence-electron chi connectivity index (χ2n) is 5.42. The zero-order valence-corrected chi connectivity index (χ0v) is 11.4. The highest BCUT2D eigenvalue weighted by molar-refractivity contribution is 6.36. The number of rotatable bonds is 3. The third-order valence-electron chi connectivity index (χ3n) is 3.89. The molecule has 0 aromatic heterocycles. The molecule has 0 aliphatic carbocycles. The summed E-state index contributed by atoms with van der Waals surface area (Å²) in [4.78, 5) is 18.1. The second-order valence-corrected chi connectivity index (χ2v) is 5.42. The Kier molecular flexibility index (Phi) is 3.56. The summed E-state index contributed by atoms with van der Waals surface area (Å²) in [6, 6.07) is 4.97. The highest BCUT2D eigenvalue weighted by atomic mass is 19.4. The molecule has 2 unspecified atom stereocenters. The number of fused-ring (bicyclic) bond motifs is 1. The van der Waals surface area contributed by atoms with Gasteiger partial charge in [-0.3, -0.25) is 4.90 Å². The number of aliphatic carboxylic acids is 1. The SMILES string of the molecule is O=C(O)C1=NOC2CN(Cc3ccc(C(F)(F)F)cc3)CC12. The van der Waals surface area contributed by atoms with Gasteiger partial charge in [0.05, 0.1) is 11.5 Å². The number of carboxylic acid groups (broad SMARTS) is 1. The minimum Gasteiger partial charge on any atom is -0.477 e. The minimum atomic E-state index is -4.34. The van der Waals surface area contributed by atoms with E-state index in [1.165, 1.54) is 12.1 Å². The number of nitrogens with zero attached hydrogens (tertiary/aromatic N) is 2.